The second kappa shape index (κ2) is 3.01. The Hall–Kier alpha value is -1.06. The lowest BCUT2D eigenvalue weighted by atomic mass is 10.5. The zero-order chi connectivity index (χ0) is 6.57. The van der Waals surface area contributed by atoms with Crippen LogP contribution < -0.4 is 0 Å². The van der Waals surface area contributed by atoms with E-state index in [-0.39, 0.29) is 6.42 Å². The Bertz CT molecular complexity index is 107. The highest BCUT2D eigenvalue weighted by atomic mass is 16.7. The summed E-state index contributed by atoms with van der Waals surface area (Å²) in [6.07, 6.45) is -1.74. The zero-order valence-electron chi connectivity index (χ0n) is 4.34. The maximum Gasteiger partial charge on any atom is 0.558 e. The molecule has 4 nitrogen and oxygen atoms in total. The summed E-state index contributed by atoms with van der Waals surface area (Å²) >= 11 is 0. The van der Waals surface area contributed by atoms with E-state index in [1.165, 1.54) is 6.92 Å². The van der Waals surface area contributed by atoms with E-state index >= 15 is 0 Å². The maximum absolute atomic E-state index is 9.98. The van der Waals surface area contributed by atoms with Gasteiger partial charge in [0.2, 0.25) is 0 Å². The first-order valence-corrected chi connectivity index (χ1v) is 2.08. The van der Waals surface area contributed by atoms with Crippen molar-refractivity contribution in [2.45, 2.75) is 13.3 Å². The first-order valence-electron chi connectivity index (χ1n) is 2.08. The van der Waals surface area contributed by atoms with Crippen LogP contribution in [0.3, 0.4) is 0 Å². The van der Waals surface area contributed by atoms with Crippen LogP contribution in [0.4, 0.5) is 4.79 Å². The molecule has 0 aromatic carbocycles. The minimum absolute atomic E-state index is 0.0496. The van der Waals surface area contributed by atoms with E-state index in [9.17, 15) is 14.7 Å². The number of esters is 1. The zero-order valence-corrected chi connectivity index (χ0v) is 4.34. The van der Waals surface area contributed by atoms with Crippen molar-refractivity contribution in [3.8, 4) is 0 Å². The largest absolute Gasteiger partial charge is 0.558 e. The molecule has 4 heteroatoms. The molecule has 0 N–H and O–H groups in total. The molecule has 0 aromatic heterocycles. The van der Waals surface area contributed by atoms with Crippen molar-refractivity contribution >= 4 is 12.1 Å². The molecular weight excluding hydrogens is 112 g/mol. The van der Waals surface area contributed by atoms with E-state index in [1.54, 1.807) is 0 Å². The van der Waals surface area contributed by atoms with Crippen LogP contribution in [0.2, 0.25) is 0 Å². The standard InChI is InChI=1S/C4H5O4/c1-2-3(5)8-4(6)7/h2H2,1H3. The second-order valence-electron chi connectivity index (χ2n) is 1.08. The van der Waals surface area contributed by atoms with Gasteiger partial charge in [0.15, 0.2) is 0 Å². The normalized spacial score (nSPS) is 8.12. The first kappa shape index (κ1) is 6.94. The molecule has 0 saturated carbocycles. The maximum atomic E-state index is 9.98. The number of ether oxygens (including phenoxy) is 1. The smallest absolute Gasteiger partial charge is 0.358 e. The highest BCUT2D eigenvalue weighted by Crippen LogP contribution is 1.83. The molecule has 0 aliphatic heterocycles. The predicted molar refractivity (Wildman–Crippen MR) is 22.5 cm³/mol. The minimum Gasteiger partial charge on any atom is -0.358 e. The predicted octanol–water partition coefficient (Wildman–Crippen LogP) is 0.490. The summed E-state index contributed by atoms with van der Waals surface area (Å²) in [6.45, 7) is 1.49. The van der Waals surface area contributed by atoms with Gasteiger partial charge in [-0.3, -0.25) is 4.79 Å². The van der Waals surface area contributed by atoms with Crippen molar-refractivity contribution in [3.63, 3.8) is 0 Å². The summed E-state index contributed by atoms with van der Waals surface area (Å²) < 4.78 is 3.57. The van der Waals surface area contributed by atoms with Gasteiger partial charge in [0.05, 0.1) is 0 Å². The first-order chi connectivity index (χ1) is 3.66. The fraction of sp³-hybridized carbons (Fsp3) is 0.500. The Balaban J connectivity index is 3.40. The quantitative estimate of drug-likeness (QED) is 0.371. The Morgan fingerprint density at radius 3 is 2.12 bits per heavy atom. The van der Waals surface area contributed by atoms with Crippen LogP contribution in [-0.2, 0) is 14.6 Å². The van der Waals surface area contributed by atoms with Crippen LogP contribution >= 0.6 is 0 Å². The van der Waals surface area contributed by atoms with E-state index in [2.05, 4.69) is 4.74 Å². The Labute approximate surface area is 46.1 Å². The van der Waals surface area contributed by atoms with Gasteiger partial charge in [-0.1, -0.05) is 6.92 Å². The summed E-state index contributed by atoms with van der Waals surface area (Å²) in [5, 5.41) is 9.41. The summed E-state index contributed by atoms with van der Waals surface area (Å²) in [4.78, 5) is 19.4. The van der Waals surface area contributed by atoms with Crippen LogP contribution in [-0.4, -0.2) is 12.1 Å². The third kappa shape index (κ3) is 3.14. The SMILES string of the molecule is CCC(=O)OC([O])=O. The van der Waals surface area contributed by atoms with Gasteiger partial charge in [-0.25, -0.2) is 0 Å². The summed E-state index contributed by atoms with van der Waals surface area (Å²) in [5.41, 5.74) is 0. The van der Waals surface area contributed by atoms with E-state index in [4.69, 9.17) is 0 Å². The van der Waals surface area contributed by atoms with Crippen LogP contribution in [0.5, 0.6) is 0 Å². The summed E-state index contributed by atoms with van der Waals surface area (Å²) in [7, 11) is 0. The lowest BCUT2D eigenvalue weighted by Crippen LogP contribution is -2.06. The molecule has 1 radical (unpaired) electrons. The minimum atomic E-state index is -1.79. The number of rotatable bonds is 1. The van der Waals surface area contributed by atoms with Gasteiger partial charge in [0, 0.05) is 6.42 Å². The molecular formula is C4H5O4. The second-order valence-corrected chi connectivity index (χ2v) is 1.08. The molecule has 0 rings (SSSR count). The number of carbonyl (C=O) groups excluding carboxylic acids is 2. The van der Waals surface area contributed by atoms with Crippen LogP contribution in [0, 0.1) is 0 Å². The van der Waals surface area contributed by atoms with E-state index in [0.717, 1.165) is 0 Å². The van der Waals surface area contributed by atoms with E-state index in [1.807, 2.05) is 0 Å². The van der Waals surface area contributed by atoms with Crippen molar-refractivity contribution < 1.29 is 19.4 Å². The van der Waals surface area contributed by atoms with Gasteiger partial charge in [-0.05, 0) is 0 Å². The topological polar surface area (TPSA) is 63.3 Å². The van der Waals surface area contributed by atoms with Crippen LogP contribution in [0.15, 0.2) is 0 Å². The molecule has 0 aliphatic rings. The molecule has 0 amide bonds. The third-order valence-corrected chi connectivity index (χ3v) is 0.486. The highest BCUT2D eigenvalue weighted by Gasteiger charge is 2.05. The molecule has 8 heavy (non-hydrogen) atoms. The molecule has 0 bridgehead atoms. The highest BCUT2D eigenvalue weighted by molar-refractivity contribution is 5.80. The molecule has 0 atom stereocenters. The number of hydrogen-bond donors (Lipinski definition) is 0. The van der Waals surface area contributed by atoms with Crippen molar-refractivity contribution in [2.75, 3.05) is 0 Å². The fourth-order valence-corrected chi connectivity index (χ4v) is 0.165. The average molecular weight is 117 g/mol. The summed E-state index contributed by atoms with van der Waals surface area (Å²) in [6, 6.07) is 0. The fourth-order valence-electron chi connectivity index (χ4n) is 0.165. The van der Waals surface area contributed by atoms with Crippen molar-refractivity contribution in [3.05, 3.63) is 0 Å². The van der Waals surface area contributed by atoms with E-state index < -0.39 is 12.1 Å². The molecule has 45 valence electrons. The number of hydrogen-bond acceptors (Lipinski definition) is 3. The Kier molecular flexibility index (Phi) is 2.61. The van der Waals surface area contributed by atoms with Gasteiger partial charge in [-0.15, -0.1) is 0 Å². The lowest BCUT2D eigenvalue weighted by Gasteiger charge is -1.87. The van der Waals surface area contributed by atoms with Gasteiger partial charge in [0.1, 0.15) is 0 Å². The van der Waals surface area contributed by atoms with Gasteiger partial charge < -0.3 is 4.74 Å². The monoisotopic (exact) mass is 117 g/mol. The lowest BCUT2D eigenvalue weighted by molar-refractivity contribution is -0.139. The molecule has 0 saturated heterocycles. The van der Waals surface area contributed by atoms with Crippen molar-refractivity contribution in [2.24, 2.45) is 0 Å². The molecule has 0 unspecified atom stereocenters. The van der Waals surface area contributed by atoms with E-state index in [0.29, 0.717) is 0 Å². The van der Waals surface area contributed by atoms with Gasteiger partial charge >= 0.3 is 12.1 Å². The molecule has 0 heterocycles. The molecule has 0 aromatic rings. The summed E-state index contributed by atoms with van der Waals surface area (Å²) in [5.74, 6) is -0.787. The third-order valence-electron chi connectivity index (χ3n) is 0.486. The van der Waals surface area contributed by atoms with Gasteiger partial charge in [-0.2, -0.15) is 9.90 Å². The molecule has 0 spiro atoms. The van der Waals surface area contributed by atoms with Crippen LogP contribution in [0.1, 0.15) is 13.3 Å². The average Bonchev–Trinajstić information content (AvgIpc) is 1.65. The molecule has 0 fully saturated rings. The number of carbonyl (C=O) groups is 2. The Morgan fingerprint density at radius 1 is 1.50 bits per heavy atom. The van der Waals surface area contributed by atoms with Crippen molar-refractivity contribution in [1.29, 1.82) is 0 Å². The van der Waals surface area contributed by atoms with Gasteiger partial charge in [0.25, 0.3) is 0 Å². The molecule has 0 aliphatic carbocycles. The van der Waals surface area contributed by atoms with Crippen LogP contribution in [0.25, 0.3) is 0 Å². The Morgan fingerprint density at radius 2 is 2.00 bits per heavy atom. The van der Waals surface area contributed by atoms with Crippen molar-refractivity contribution in [1.82, 2.24) is 0 Å².